The largest absolute Gasteiger partial charge is 0.468 e. The summed E-state index contributed by atoms with van der Waals surface area (Å²) >= 11 is 13.9. The molecule has 3 rings (SSSR count). The number of carbonyl (C=O) groups excluding carboxylic acids is 1. The van der Waals surface area contributed by atoms with Crippen molar-refractivity contribution in [2.75, 3.05) is 19.4 Å². The minimum Gasteiger partial charge on any atom is -0.468 e. The summed E-state index contributed by atoms with van der Waals surface area (Å²) in [4.78, 5) is 11.8. The Labute approximate surface area is 174 Å². The Balaban J connectivity index is 1.91. The van der Waals surface area contributed by atoms with Crippen molar-refractivity contribution in [2.24, 2.45) is 5.92 Å². The summed E-state index contributed by atoms with van der Waals surface area (Å²) in [6.07, 6.45) is 2.55. The smallest absolute Gasteiger partial charge is 0.315 e. The van der Waals surface area contributed by atoms with E-state index < -0.39 is 0 Å². The van der Waals surface area contributed by atoms with E-state index in [0.29, 0.717) is 10.0 Å². The summed E-state index contributed by atoms with van der Waals surface area (Å²) in [6, 6.07) is 15.8. The summed E-state index contributed by atoms with van der Waals surface area (Å²) in [6.45, 7) is 0.961. The Kier molecular flexibility index (Phi) is 7.48. The van der Waals surface area contributed by atoms with E-state index in [1.165, 1.54) is 20.0 Å². The molecule has 6 heteroatoms. The Bertz CT molecular complexity index is 765. The average Bonchev–Trinajstić information content (AvgIpc) is 3.49. The second kappa shape index (κ2) is 9.83. The van der Waals surface area contributed by atoms with E-state index in [4.69, 9.17) is 27.9 Å². The first kappa shape index (κ1) is 20.5. The third kappa shape index (κ3) is 6.15. The minimum atomic E-state index is -0.232. The van der Waals surface area contributed by atoms with Crippen LogP contribution in [0.4, 0.5) is 0 Å². The molecular weight excluding hydrogens is 401 g/mol. The third-order valence-electron chi connectivity index (χ3n) is 4.64. The van der Waals surface area contributed by atoms with Crippen molar-refractivity contribution >= 4 is 40.9 Å². The maximum Gasteiger partial charge on any atom is 0.315 e. The van der Waals surface area contributed by atoms with Crippen LogP contribution in [-0.2, 0) is 9.53 Å². The van der Waals surface area contributed by atoms with Gasteiger partial charge in [0.1, 0.15) is 0 Å². The van der Waals surface area contributed by atoms with Crippen molar-refractivity contribution in [1.29, 1.82) is 0 Å². The molecule has 3 nitrogen and oxygen atoms in total. The zero-order chi connectivity index (χ0) is 19.2. The number of hydrogen-bond donors (Lipinski definition) is 1. The van der Waals surface area contributed by atoms with Crippen LogP contribution in [0, 0.1) is 5.92 Å². The molecule has 1 N–H and O–H groups in total. The molecule has 1 saturated carbocycles. The first-order chi connectivity index (χ1) is 13.1. The molecule has 2 aromatic carbocycles. The Hall–Kier alpha value is -1.20. The number of esters is 1. The van der Waals surface area contributed by atoms with Crippen molar-refractivity contribution in [3.63, 3.8) is 0 Å². The molecule has 1 aliphatic carbocycles. The number of ether oxygens (including phenoxy) is 1. The van der Waals surface area contributed by atoms with E-state index in [9.17, 15) is 4.79 Å². The van der Waals surface area contributed by atoms with Gasteiger partial charge >= 0.3 is 5.97 Å². The van der Waals surface area contributed by atoms with E-state index in [1.807, 2.05) is 42.5 Å². The maximum absolute atomic E-state index is 11.8. The molecule has 1 fully saturated rings. The number of thioether (sulfide) groups is 1. The monoisotopic (exact) mass is 423 g/mol. The first-order valence-corrected chi connectivity index (χ1v) is 10.8. The second-order valence-corrected chi connectivity index (χ2v) is 8.75. The van der Waals surface area contributed by atoms with Crippen LogP contribution in [0.25, 0.3) is 0 Å². The van der Waals surface area contributed by atoms with Crippen molar-refractivity contribution < 1.29 is 9.53 Å². The van der Waals surface area contributed by atoms with Gasteiger partial charge in [-0.2, -0.15) is 0 Å². The van der Waals surface area contributed by atoms with E-state index >= 15 is 0 Å². The number of methoxy groups -OCH3 is 1. The number of halogens is 2. The average molecular weight is 424 g/mol. The molecule has 2 atom stereocenters. The van der Waals surface area contributed by atoms with Gasteiger partial charge in [0.25, 0.3) is 0 Å². The fraction of sp³-hybridized carbons (Fsp3) is 0.381. The molecule has 0 aromatic heterocycles. The molecule has 0 spiro atoms. The van der Waals surface area contributed by atoms with Crippen molar-refractivity contribution in [1.82, 2.24) is 5.32 Å². The third-order valence-corrected chi connectivity index (χ3v) is 6.43. The van der Waals surface area contributed by atoms with E-state index in [2.05, 4.69) is 11.4 Å². The summed E-state index contributed by atoms with van der Waals surface area (Å²) < 4.78 is 4.85. The van der Waals surface area contributed by atoms with Gasteiger partial charge in [-0.05, 0) is 60.7 Å². The van der Waals surface area contributed by atoms with Crippen LogP contribution in [0.1, 0.15) is 35.3 Å². The van der Waals surface area contributed by atoms with Gasteiger partial charge in [0.15, 0.2) is 0 Å². The van der Waals surface area contributed by atoms with Crippen molar-refractivity contribution in [3.8, 4) is 0 Å². The molecule has 0 aliphatic heterocycles. The van der Waals surface area contributed by atoms with Crippen LogP contribution in [-0.4, -0.2) is 25.4 Å². The molecule has 0 heterocycles. The maximum atomic E-state index is 11.8. The van der Waals surface area contributed by atoms with E-state index in [-0.39, 0.29) is 23.0 Å². The lowest BCUT2D eigenvalue weighted by atomic mass is 9.98. The topological polar surface area (TPSA) is 38.3 Å². The van der Waals surface area contributed by atoms with E-state index in [0.717, 1.165) is 23.6 Å². The van der Waals surface area contributed by atoms with Crippen LogP contribution in [0.15, 0.2) is 48.5 Å². The Morgan fingerprint density at radius 2 is 1.89 bits per heavy atom. The predicted octanol–water partition coefficient (Wildman–Crippen LogP) is 5.68. The van der Waals surface area contributed by atoms with Gasteiger partial charge in [0.2, 0.25) is 0 Å². The quantitative estimate of drug-likeness (QED) is 0.526. The molecule has 0 unspecified atom stereocenters. The number of carbonyl (C=O) groups is 1. The van der Waals surface area contributed by atoms with Gasteiger partial charge in [-0.1, -0.05) is 47.5 Å². The van der Waals surface area contributed by atoms with Gasteiger partial charge in [-0.3, -0.25) is 4.79 Å². The van der Waals surface area contributed by atoms with Crippen LogP contribution >= 0.6 is 35.0 Å². The summed E-state index contributed by atoms with van der Waals surface area (Å²) in [5, 5.41) is 5.13. The van der Waals surface area contributed by atoms with Crippen LogP contribution in [0.3, 0.4) is 0 Å². The molecule has 144 valence electrons. The molecule has 0 saturated heterocycles. The molecule has 2 aromatic rings. The summed E-state index contributed by atoms with van der Waals surface area (Å²) in [5.74, 6) is 0.789. The molecular formula is C21H23Cl2NO2S. The number of rotatable bonds is 9. The molecule has 1 aliphatic rings. The standard InChI is InChI=1S/C21H23Cl2NO2S/c1-26-19(25)13-27-21(16-3-2-4-18(23)11-16)20(24-12-14-5-6-14)15-7-9-17(22)10-8-15/h2-4,7-11,14,20-21,24H,5-6,12-13H2,1H3/t20-,21+/m1/s1. The number of hydrogen-bond acceptors (Lipinski definition) is 4. The second-order valence-electron chi connectivity index (χ2n) is 6.74. The van der Waals surface area contributed by atoms with E-state index in [1.54, 1.807) is 11.8 Å². The van der Waals surface area contributed by atoms with Gasteiger partial charge in [-0.15, -0.1) is 11.8 Å². The SMILES string of the molecule is COC(=O)CS[C@@H](c1cccc(Cl)c1)[C@H](NCC1CC1)c1ccc(Cl)cc1. The highest BCUT2D eigenvalue weighted by Gasteiger charge is 2.29. The Morgan fingerprint density at radius 3 is 2.52 bits per heavy atom. The van der Waals surface area contributed by atoms with Crippen molar-refractivity contribution in [3.05, 3.63) is 69.7 Å². The van der Waals surface area contributed by atoms with Gasteiger partial charge in [0.05, 0.1) is 12.9 Å². The van der Waals surface area contributed by atoms with Gasteiger partial charge < -0.3 is 10.1 Å². The number of benzene rings is 2. The lowest BCUT2D eigenvalue weighted by Gasteiger charge is -2.29. The molecule has 0 amide bonds. The molecule has 27 heavy (non-hydrogen) atoms. The Morgan fingerprint density at radius 1 is 1.15 bits per heavy atom. The zero-order valence-electron chi connectivity index (χ0n) is 15.2. The summed E-state index contributed by atoms with van der Waals surface area (Å²) in [5.41, 5.74) is 2.22. The highest BCUT2D eigenvalue weighted by atomic mass is 35.5. The minimum absolute atomic E-state index is 0.0164. The van der Waals surface area contributed by atoms with Crippen LogP contribution < -0.4 is 5.32 Å². The summed E-state index contributed by atoms with van der Waals surface area (Å²) in [7, 11) is 1.42. The highest BCUT2D eigenvalue weighted by molar-refractivity contribution is 8.00. The predicted molar refractivity (Wildman–Crippen MR) is 114 cm³/mol. The lowest BCUT2D eigenvalue weighted by Crippen LogP contribution is -2.28. The van der Waals surface area contributed by atoms with Crippen LogP contribution in [0.5, 0.6) is 0 Å². The van der Waals surface area contributed by atoms with Gasteiger partial charge in [-0.25, -0.2) is 0 Å². The zero-order valence-corrected chi connectivity index (χ0v) is 17.5. The molecule has 0 radical (unpaired) electrons. The lowest BCUT2D eigenvalue weighted by molar-refractivity contribution is -0.137. The normalized spacial score (nSPS) is 16.0. The fourth-order valence-corrected chi connectivity index (χ4v) is 4.51. The first-order valence-electron chi connectivity index (χ1n) is 8.99. The fourth-order valence-electron chi connectivity index (χ4n) is 2.97. The van der Waals surface area contributed by atoms with Gasteiger partial charge in [0, 0.05) is 21.3 Å². The van der Waals surface area contributed by atoms with Crippen molar-refractivity contribution in [2.45, 2.75) is 24.1 Å². The van der Waals surface area contributed by atoms with Crippen LogP contribution in [0.2, 0.25) is 10.0 Å². The molecule has 0 bridgehead atoms. The number of nitrogens with one attached hydrogen (secondary N) is 1. The highest BCUT2D eigenvalue weighted by Crippen LogP contribution is 2.42.